The predicted octanol–water partition coefficient (Wildman–Crippen LogP) is 3.14. The van der Waals surface area contributed by atoms with Crippen LogP contribution in [-0.2, 0) is 4.79 Å². The van der Waals surface area contributed by atoms with Crippen molar-refractivity contribution < 1.29 is 19.0 Å². The van der Waals surface area contributed by atoms with Crippen LogP contribution in [0.5, 0.6) is 17.2 Å². The number of nitrogens with one attached hydrogen (secondary N) is 1. The Hall–Kier alpha value is -3.81. The zero-order valence-electron chi connectivity index (χ0n) is 17.2. The fourth-order valence-corrected chi connectivity index (χ4v) is 2.98. The maximum Gasteiger partial charge on any atom is 0.267 e. The number of amides is 1. The van der Waals surface area contributed by atoms with Crippen molar-refractivity contribution in [2.45, 2.75) is 13.0 Å². The predicted molar refractivity (Wildman–Crippen MR) is 113 cm³/mol. The van der Waals surface area contributed by atoms with Crippen LogP contribution in [0.1, 0.15) is 13.0 Å². The second-order valence-corrected chi connectivity index (χ2v) is 6.45. The van der Waals surface area contributed by atoms with Crippen molar-refractivity contribution >= 4 is 11.6 Å². The largest absolute Gasteiger partial charge is 0.493 e. The number of hydrogen-bond acceptors (Lipinski definition) is 6. The monoisotopic (exact) mass is 409 g/mol. The second kappa shape index (κ2) is 9.13. The second-order valence-electron chi connectivity index (χ2n) is 6.45. The van der Waals surface area contributed by atoms with E-state index in [-0.39, 0.29) is 5.56 Å². The topological polar surface area (TPSA) is 91.7 Å². The molecule has 0 aliphatic carbocycles. The zero-order valence-corrected chi connectivity index (χ0v) is 17.2. The highest BCUT2D eigenvalue weighted by molar-refractivity contribution is 5.94. The first-order chi connectivity index (χ1) is 14.5. The van der Waals surface area contributed by atoms with Gasteiger partial charge in [0.1, 0.15) is 6.04 Å². The summed E-state index contributed by atoms with van der Waals surface area (Å²) in [4.78, 5) is 25.2. The van der Waals surface area contributed by atoms with E-state index < -0.39 is 11.9 Å². The number of rotatable bonds is 7. The number of aromatic nitrogens is 2. The van der Waals surface area contributed by atoms with E-state index in [9.17, 15) is 9.59 Å². The number of hydrogen-bond donors (Lipinski definition) is 1. The summed E-state index contributed by atoms with van der Waals surface area (Å²) in [6, 6.07) is 14.9. The molecule has 0 bridgehead atoms. The minimum absolute atomic E-state index is 0.373. The summed E-state index contributed by atoms with van der Waals surface area (Å²) in [5, 5.41) is 7.15. The van der Waals surface area contributed by atoms with Crippen LogP contribution in [0.25, 0.3) is 11.3 Å². The van der Waals surface area contributed by atoms with Crippen LogP contribution >= 0.6 is 0 Å². The van der Waals surface area contributed by atoms with E-state index >= 15 is 0 Å². The van der Waals surface area contributed by atoms with Crippen LogP contribution in [0.4, 0.5) is 5.69 Å². The van der Waals surface area contributed by atoms with Gasteiger partial charge in [-0.05, 0) is 13.0 Å². The molecule has 3 rings (SSSR count). The van der Waals surface area contributed by atoms with Crippen LogP contribution in [0, 0.1) is 0 Å². The SMILES string of the molecule is COc1cc(NC(=O)C(C)n2nc(-c3ccccc3)ccc2=O)cc(OC)c1OC. The molecule has 1 atom stereocenters. The Bertz CT molecular complexity index is 1070. The Kier molecular flexibility index (Phi) is 6.36. The van der Waals surface area contributed by atoms with E-state index in [0.717, 1.165) is 10.2 Å². The van der Waals surface area contributed by atoms with Gasteiger partial charge in [0, 0.05) is 29.4 Å². The summed E-state index contributed by atoms with van der Waals surface area (Å²) in [5.41, 5.74) is 1.52. The van der Waals surface area contributed by atoms with Gasteiger partial charge in [-0.15, -0.1) is 0 Å². The van der Waals surface area contributed by atoms with Gasteiger partial charge < -0.3 is 19.5 Å². The van der Waals surface area contributed by atoms with Crippen molar-refractivity contribution in [3.05, 3.63) is 65.0 Å². The van der Waals surface area contributed by atoms with Gasteiger partial charge in [-0.25, -0.2) is 4.68 Å². The summed E-state index contributed by atoms with van der Waals surface area (Å²) >= 11 is 0. The molecule has 0 spiro atoms. The van der Waals surface area contributed by atoms with Crippen LogP contribution in [-0.4, -0.2) is 37.0 Å². The first kappa shape index (κ1) is 20.9. The van der Waals surface area contributed by atoms with Crippen LogP contribution < -0.4 is 25.1 Å². The van der Waals surface area contributed by atoms with Gasteiger partial charge in [0.25, 0.3) is 5.56 Å². The maximum atomic E-state index is 12.8. The quantitative estimate of drug-likeness (QED) is 0.645. The molecule has 1 N–H and O–H groups in total. The number of nitrogens with zero attached hydrogens (tertiary/aromatic N) is 2. The van der Waals surface area contributed by atoms with Crippen LogP contribution in [0.15, 0.2) is 59.4 Å². The molecule has 2 aromatic carbocycles. The van der Waals surface area contributed by atoms with E-state index in [4.69, 9.17) is 14.2 Å². The van der Waals surface area contributed by atoms with Gasteiger partial charge in [-0.1, -0.05) is 30.3 Å². The molecule has 3 aromatic rings. The molecule has 1 heterocycles. The maximum absolute atomic E-state index is 12.8. The van der Waals surface area contributed by atoms with Crippen LogP contribution in [0.3, 0.4) is 0 Å². The molecular formula is C22H23N3O5. The highest BCUT2D eigenvalue weighted by Crippen LogP contribution is 2.40. The Morgan fingerprint density at radius 2 is 1.60 bits per heavy atom. The number of ether oxygens (including phenoxy) is 3. The molecule has 0 radical (unpaired) electrons. The number of carbonyl (C=O) groups excluding carboxylic acids is 1. The lowest BCUT2D eigenvalue weighted by molar-refractivity contribution is -0.119. The standard InChI is InChI=1S/C22H23N3O5/c1-14(25-20(26)11-10-17(24-25)15-8-6-5-7-9-15)22(27)23-16-12-18(28-2)21(30-4)19(13-16)29-3/h5-14H,1-4H3,(H,23,27). The van der Waals surface area contributed by atoms with E-state index in [1.165, 1.54) is 27.4 Å². The van der Waals surface area contributed by atoms with E-state index in [0.29, 0.717) is 28.6 Å². The third-order valence-corrected chi connectivity index (χ3v) is 4.57. The molecule has 8 nitrogen and oxygen atoms in total. The fourth-order valence-electron chi connectivity index (χ4n) is 2.98. The van der Waals surface area contributed by atoms with E-state index in [2.05, 4.69) is 10.4 Å². The molecule has 1 amide bonds. The normalized spacial score (nSPS) is 11.5. The Labute approximate surface area is 174 Å². The molecule has 30 heavy (non-hydrogen) atoms. The summed E-state index contributed by atoms with van der Waals surface area (Å²) in [6.07, 6.45) is 0. The summed E-state index contributed by atoms with van der Waals surface area (Å²) in [7, 11) is 4.48. The minimum atomic E-state index is -0.847. The molecule has 0 saturated carbocycles. The van der Waals surface area contributed by atoms with Crippen molar-refractivity contribution in [2.75, 3.05) is 26.6 Å². The number of methoxy groups -OCH3 is 3. The molecule has 0 aliphatic rings. The first-order valence-electron chi connectivity index (χ1n) is 9.24. The first-order valence-corrected chi connectivity index (χ1v) is 9.24. The molecule has 0 saturated heterocycles. The third-order valence-electron chi connectivity index (χ3n) is 4.57. The molecule has 1 aromatic heterocycles. The van der Waals surface area contributed by atoms with Gasteiger partial charge >= 0.3 is 0 Å². The molecule has 0 fully saturated rings. The smallest absolute Gasteiger partial charge is 0.267 e. The fraction of sp³-hybridized carbons (Fsp3) is 0.227. The summed E-state index contributed by atoms with van der Waals surface area (Å²) in [6.45, 7) is 1.61. The molecule has 0 aliphatic heterocycles. The number of carbonyl (C=O) groups is 1. The van der Waals surface area contributed by atoms with Gasteiger partial charge in [0.2, 0.25) is 11.7 Å². The lowest BCUT2D eigenvalue weighted by Crippen LogP contribution is -2.33. The lowest BCUT2D eigenvalue weighted by atomic mass is 10.1. The number of benzene rings is 2. The van der Waals surface area contributed by atoms with Gasteiger partial charge in [0.15, 0.2) is 11.5 Å². The van der Waals surface area contributed by atoms with Crippen molar-refractivity contribution in [1.82, 2.24) is 9.78 Å². The highest BCUT2D eigenvalue weighted by atomic mass is 16.5. The van der Waals surface area contributed by atoms with Crippen LogP contribution in [0.2, 0.25) is 0 Å². The van der Waals surface area contributed by atoms with Crippen molar-refractivity contribution in [3.63, 3.8) is 0 Å². The van der Waals surface area contributed by atoms with Gasteiger partial charge in [-0.3, -0.25) is 9.59 Å². The van der Waals surface area contributed by atoms with E-state index in [1.54, 1.807) is 25.1 Å². The summed E-state index contributed by atoms with van der Waals surface area (Å²) in [5.74, 6) is 0.811. The molecule has 156 valence electrons. The zero-order chi connectivity index (χ0) is 21.7. The average molecular weight is 409 g/mol. The average Bonchev–Trinajstić information content (AvgIpc) is 2.78. The minimum Gasteiger partial charge on any atom is -0.493 e. The Morgan fingerprint density at radius 1 is 0.967 bits per heavy atom. The number of anilines is 1. The molecular weight excluding hydrogens is 386 g/mol. The van der Waals surface area contributed by atoms with Crippen molar-refractivity contribution in [2.24, 2.45) is 0 Å². The third kappa shape index (κ3) is 4.27. The van der Waals surface area contributed by atoms with Crippen molar-refractivity contribution in [1.29, 1.82) is 0 Å². The highest BCUT2D eigenvalue weighted by Gasteiger charge is 2.20. The Balaban J connectivity index is 1.89. The molecule has 8 heteroatoms. The Morgan fingerprint density at radius 3 is 2.17 bits per heavy atom. The van der Waals surface area contributed by atoms with Gasteiger partial charge in [-0.2, -0.15) is 5.10 Å². The summed E-state index contributed by atoms with van der Waals surface area (Å²) < 4.78 is 17.1. The molecule has 1 unspecified atom stereocenters. The van der Waals surface area contributed by atoms with E-state index in [1.807, 2.05) is 30.3 Å². The van der Waals surface area contributed by atoms with Gasteiger partial charge in [0.05, 0.1) is 27.0 Å². The lowest BCUT2D eigenvalue weighted by Gasteiger charge is -2.17. The van der Waals surface area contributed by atoms with Crippen molar-refractivity contribution in [3.8, 4) is 28.5 Å².